The van der Waals surface area contributed by atoms with Crippen LogP contribution < -0.4 is 5.56 Å². The fourth-order valence-corrected chi connectivity index (χ4v) is 4.72. The second kappa shape index (κ2) is 10.1. The summed E-state index contributed by atoms with van der Waals surface area (Å²) < 4.78 is 0. The van der Waals surface area contributed by atoms with E-state index in [2.05, 4.69) is 15.2 Å². The second-order valence-electron chi connectivity index (χ2n) is 10.4. The van der Waals surface area contributed by atoms with Gasteiger partial charge in [-0.2, -0.15) is 5.10 Å². The summed E-state index contributed by atoms with van der Waals surface area (Å²) in [5.41, 5.74) is 3.11. The first-order chi connectivity index (χ1) is 16.6. The minimum Gasteiger partial charge on any atom is -0.335 e. The predicted molar refractivity (Wildman–Crippen MR) is 130 cm³/mol. The number of rotatable bonds is 4. The number of nitrogens with one attached hydrogen (secondary N) is 1. The molecule has 9 nitrogen and oxygen atoms in total. The van der Waals surface area contributed by atoms with Crippen molar-refractivity contribution in [2.45, 2.75) is 59.3 Å². The van der Waals surface area contributed by atoms with Crippen molar-refractivity contribution in [2.75, 3.05) is 26.2 Å². The molecule has 186 valence electrons. The van der Waals surface area contributed by atoms with Crippen LogP contribution in [0.1, 0.15) is 72.9 Å². The van der Waals surface area contributed by atoms with Gasteiger partial charge in [-0.25, -0.2) is 5.10 Å². The van der Waals surface area contributed by atoms with Crippen LogP contribution in [0.25, 0.3) is 0 Å². The van der Waals surface area contributed by atoms with Gasteiger partial charge in [0.05, 0.1) is 5.69 Å². The molecule has 0 spiro atoms. The number of nitrogens with zero attached hydrogens (tertiary/aromatic N) is 4. The van der Waals surface area contributed by atoms with Gasteiger partial charge in [0.25, 0.3) is 17.4 Å². The van der Waals surface area contributed by atoms with Crippen LogP contribution in [0.3, 0.4) is 0 Å². The van der Waals surface area contributed by atoms with E-state index < -0.39 is 17.1 Å². The molecular formula is C26H33N5O4. The average molecular weight is 480 g/mol. The van der Waals surface area contributed by atoms with Gasteiger partial charge in [-0.05, 0) is 55.4 Å². The number of aromatic nitrogens is 3. The zero-order valence-electron chi connectivity index (χ0n) is 20.7. The molecular weight excluding hydrogens is 446 g/mol. The van der Waals surface area contributed by atoms with E-state index in [-0.39, 0.29) is 11.5 Å². The molecule has 0 atom stereocenters. The fourth-order valence-electron chi connectivity index (χ4n) is 4.72. The van der Waals surface area contributed by atoms with Crippen molar-refractivity contribution in [3.8, 4) is 0 Å². The first-order valence-corrected chi connectivity index (χ1v) is 12.3. The molecule has 3 heterocycles. The number of aromatic amines is 1. The lowest BCUT2D eigenvalue weighted by Gasteiger charge is -2.24. The fraction of sp³-hybridized carbons (Fsp3) is 0.538. The maximum absolute atomic E-state index is 13.2. The predicted octanol–water partition coefficient (Wildman–Crippen LogP) is 1.92. The Hall–Kier alpha value is -3.36. The van der Waals surface area contributed by atoms with Crippen LogP contribution in [-0.2, 0) is 28.9 Å². The van der Waals surface area contributed by atoms with Gasteiger partial charge in [-0.1, -0.05) is 20.8 Å². The van der Waals surface area contributed by atoms with E-state index >= 15 is 0 Å². The zero-order chi connectivity index (χ0) is 25.2. The molecule has 2 aliphatic rings. The number of amides is 2. The smallest absolute Gasteiger partial charge is 0.290 e. The Morgan fingerprint density at radius 3 is 2.40 bits per heavy atom. The first kappa shape index (κ1) is 24.8. The van der Waals surface area contributed by atoms with Crippen molar-refractivity contribution in [3.63, 3.8) is 0 Å². The lowest BCUT2D eigenvalue weighted by molar-refractivity contribution is -0.148. The molecule has 35 heavy (non-hydrogen) atoms. The summed E-state index contributed by atoms with van der Waals surface area (Å²) in [5.74, 6) is -1.09. The number of fused-ring (bicyclic) bond motifs is 1. The molecule has 2 amide bonds. The van der Waals surface area contributed by atoms with Crippen LogP contribution in [0.2, 0.25) is 0 Å². The van der Waals surface area contributed by atoms with Crippen molar-refractivity contribution in [1.29, 1.82) is 0 Å². The molecule has 9 heteroatoms. The Labute approximate surface area is 204 Å². The maximum atomic E-state index is 13.2. The van der Waals surface area contributed by atoms with Gasteiger partial charge < -0.3 is 9.80 Å². The van der Waals surface area contributed by atoms with Crippen molar-refractivity contribution >= 4 is 17.6 Å². The Morgan fingerprint density at radius 1 is 0.971 bits per heavy atom. The molecule has 1 aliphatic heterocycles. The number of carbonyl (C=O) groups excluding carboxylic acids is 3. The molecule has 1 fully saturated rings. The SMILES string of the molecule is CC(C)(C)C(=O)C(=O)N1CCCN(C(=O)c2cc(Cc3n[nH]c(=O)c4c3CCCC4)ccn2)CC1. The topological polar surface area (TPSA) is 116 Å². The standard InChI is InChI=1S/C26H33N5O4/c1-26(2,3)22(32)25(35)31-12-6-11-30(13-14-31)24(34)21-16-17(9-10-27-21)15-20-18-7-4-5-8-19(18)23(33)29-28-20/h9-10,16H,4-8,11-15H2,1-3H3,(H,29,33). The summed E-state index contributed by atoms with van der Waals surface area (Å²) in [6.07, 6.45) is 6.41. The van der Waals surface area contributed by atoms with E-state index in [1.54, 1.807) is 42.8 Å². The number of hydrogen-bond acceptors (Lipinski definition) is 6. The average Bonchev–Trinajstić information content (AvgIpc) is 3.10. The van der Waals surface area contributed by atoms with E-state index in [0.29, 0.717) is 44.7 Å². The normalized spacial score (nSPS) is 16.4. The van der Waals surface area contributed by atoms with Crippen LogP contribution in [0.4, 0.5) is 0 Å². The minimum atomic E-state index is -0.733. The Morgan fingerprint density at radius 2 is 1.66 bits per heavy atom. The molecule has 2 aromatic rings. The van der Waals surface area contributed by atoms with Gasteiger partial charge in [0.2, 0.25) is 5.78 Å². The molecule has 0 bridgehead atoms. The van der Waals surface area contributed by atoms with E-state index in [1.165, 1.54) is 0 Å². The van der Waals surface area contributed by atoms with Crippen LogP contribution in [-0.4, -0.2) is 68.8 Å². The zero-order valence-corrected chi connectivity index (χ0v) is 20.7. The van der Waals surface area contributed by atoms with Crippen LogP contribution >= 0.6 is 0 Å². The summed E-state index contributed by atoms with van der Waals surface area (Å²) in [7, 11) is 0. The van der Waals surface area contributed by atoms with E-state index in [9.17, 15) is 19.2 Å². The van der Waals surface area contributed by atoms with Gasteiger partial charge in [0.15, 0.2) is 0 Å². The summed E-state index contributed by atoms with van der Waals surface area (Å²) in [4.78, 5) is 57.9. The number of pyridine rings is 1. The monoisotopic (exact) mass is 479 g/mol. The van der Waals surface area contributed by atoms with E-state index in [4.69, 9.17) is 0 Å². The van der Waals surface area contributed by atoms with Crippen LogP contribution in [0.5, 0.6) is 0 Å². The quantitative estimate of drug-likeness (QED) is 0.670. The number of ketones is 1. The molecule has 1 aliphatic carbocycles. The third kappa shape index (κ3) is 5.49. The maximum Gasteiger partial charge on any atom is 0.290 e. The lowest BCUT2D eigenvalue weighted by atomic mass is 9.90. The van der Waals surface area contributed by atoms with Crippen molar-refractivity contribution in [2.24, 2.45) is 5.41 Å². The highest BCUT2D eigenvalue weighted by molar-refractivity contribution is 6.37. The van der Waals surface area contributed by atoms with E-state index in [0.717, 1.165) is 48.1 Å². The second-order valence-corrected chi connectivity index (χ2v) is 10.4. The summed E-state index contributed by atoms with van der Waals surface area (Å²) >= 11 is 0. The van der Waals surface area contributed by atoms with Gasteiger partial charge in [-0.15, -0.1) is 0 Å². The first-order valence-electron chi connectivity index (χ1n) is 12.3. The Kier molecular flexibility index (Phi) is 7.14. The molecule has 0 saturated carbocycles. The Bertz CT molecular complexity index is 1200. The minimum absolute atomic E-state index is 0.105. The van der Waals surface area contributed by atoms with Crippen molar-refractivity contribution in [3.05, 3.63) is 56.8 Å². The third-order valence-electron chi connectivity index (χ3n) is 6.74. The van der Waals surface area contributed by atoms with Crippen LogP contribution in [0.15, 0.2) is 23.1 Å². The molecule has 1 saturated heterocycles. The largest absolute Gasteiger partial charge is 0.335 e. The molecule has 4 rings (SSSR count). The van der Waals surface area contributed by atoms with Gasteiger partial charge in [0, 0.05) is 49.8 Å². The summed E-state index contributed by atoms with van der Waals surface area (Å²) in [6, 6.07) is 3.64. The number of hydrogen-bond donors (Lipinski definition) is 1. The van der Waals surface area contributed by atoms with Crippen molar-refractivity contribution < 1.29 is 14.4 Å². The summed E-state index contributed by atoms with van der Waals surface area (Å²) in [5, 5.41) is 6.92. The van der Waals surface area contributed by atoms with Crippen molar-refractivity contribution in [1.82, 2.24) is 25.0 Å². The highest BCUT2D eigenvalue weighted by atomic mass is 16.2. The number of carbonyl (C=O) groups is 3. The Balaban J connectivity index is 1.46. The molecule has 0 unspecified atom stereocenters. The third-order valence-corrected chi connectivity index (χ3v) is 6.74. The molecule has 1 N–H and O–H groups in total. The van der Waals surface area contributed by atoms with Crippen LogP contribution in [0, 0.1) is 5.41 Å². The number of H-pyrrole nitrogens is 1. The molecule has 0 aromatic carbocycles. The van der Waals surface area contributed by atoms with Gasteiger partial charge in [0.1, 0.15) is 5.69 Å². The van der Waals surface area contributed by atoms with E-state index in [1.807, 2.05) is 6.07 Å². The molecule has 2 aromatic heterocycles. The van der Waals surface area contributed by atoms with Gasteiger partial charge >= 0.3 is 0 Å². The summed E-state index contributed by atoms with van der Waals surface area (Å²) in [6.45, 7) is 6.81. The highest BCUT2D eigenvalue weighted by Crippen LogP contribution is 2.22. The van der Waals surface area contributed by atoms with Gasteiger partial charge in [-0.3, -0.25) is 24.2 Å². The lowest BCUT2D eigenvalue weighted by Crippen LogP contribution is -2.44. The number of Topliss-reactive ketones (excluding diaryl/α,β-unsaturated/α-hetero) is 1. The highest BCUT2D eigenvalue weighted by Gasteiger charge is 2.33. The molecule has 0 radical (unpaired) electrons.